The summed E-state index contributed by atoms with van der Waals surface area (Å²) >= 11 is 0. The number of aliphatic hydroxyl groups excluding tert-OH is 1. The number of hydrogen-bond acceptors (Lipinski definition) is 2. The molecule has 0 heterocycles. The molecule has 0 aromatic carbocycles. The summed E-state index contributed by atoms with van der Waals surface area (Å²) in [7, 11) is 0. The maximum absolute atomic E-state index is 10.4. The molecule has 0 saturated carbocycles. The van der Waals surface area contributed by atoms with Gasteiger partial charge in [0.2, 0.25) is 0 Å². The maximum Gasteiger partial charge on any atom is 0.305 e. The number of carboxylic acids is 1. The van der Waals surface area contributed by atoms with Crippen LogP contribution >= 0.6 is 0 Å². The van der Waals surface area contributed by atoms with E-state index in [1.165, 1.54) is 44.1 Å². The van der Waals surface area contributed by atoms with Gasteiger partial charge in [0.15, 0.2) is 0 Å². The van der Waals surface area contributed by atoms with Gasteiger partial charge < -0.3 is 10.2 Å². The van der Waals surface area contributed by atoms with Crippen LogP contribution in [0.5, 0.6) is 0 Å². The first-order chi connectivity index (χ1) is 11.6. The SMILES string of the molecule is C/C=C(\C)CCCCCCC\C=C/C=C/C=C\C[C@@H](O)CC(=O)O. The lowest BCUT2D eigenvalue weighted by molar-refractivity contribution is -0.139. The first kappa shape index (κ1) is 22.4. The molecule has 0 unspecified atom stereocenters. The van der Waals surface area contributed by atoms with E-state index in [1.54, 1.807) is 6.08 Å². The summed E-state index contributed by atoms with van der Waals surface area (Å²) in [5, 5.41) is 17.9. The molecule has 3 heteroatoms. The molecular formula is C21H34O3. The highest BCUT2D eigenvalue weighted by Crippen LogP contribution is 2.11. The molecule has 0 aromatic rings. The van der Waals surface area contributed by atoms with Crippen molar-refractivity contribution in [3.8, 4) is 0 Å². The topological polar surface area (TPSA) is 57.5 Å². The lowest BCUT2D eigenvalue weighted by Gasteiger charge is -2.01. The molecule has 0 saturated heterocycles. The van der Waals surface area contributed by atoms with E-state index in [-0.39, 0.29) is 6.42 Å². The molecule has 0 spiro atoms. The predicted molar refractivity (Wildman–Crippen MR) is 102 cm³/mol. The van der Waals surface area contributed by atoms with Gasteiger partial charge in [-0.2, -0.15) is 0 Å². The molecule has 0 aromatic heterocycles. The van der Waals surface area contributed by atoms with Crippen molar-refractivity contribution in [2.24, 2.45) is 0 Å². The lowest BCUT2D eigenvalue weighted by Crippen LogP contribution is -2.11. The van der Waals surface area contributed by atoms with E-state index in [2.05, 4.69) is 26.0 Å². The summed E-state index contributed by atoms with van der Waals surface area (Å²) in [6.45, 7) is 4.31. The standard InChI is InChI=1S/C21H34O3/c1-3-19(2)16-14-12-10-8-6-4-5-7-9-11-13-15-17-20(22)18-21(23)24/h3,5,7,9,11,13,15,20,22H,4,6,8,10,12,14,16-18H2,1-2H3,(H,23,24)/b7-5-,11-9+,15-13-,19-3+/t20-/m1/s1. The molecule has 0 aliphatic heterocycles. The van der Waals surface area contributed by atoms with E-state index in [0.717, 1.165) is 6.42 Å². The predicted octanol–water partition coefficient (Wildman–Crippen LogP) is 5.58. The Bertz CT molecular complexity index is 430. The zero-order valence-electron chi connectivity index (χ0n) is 15.3. The molecular weight excluding hydrogens is 300 g/mol. The summed E-state index contributed by atoms with van der Waals surface area (Å²) < 4.78 is 0. The Morgan fingerprint density at radius 1 is 0.958 bits per heavy atom. The van der Waals surface area contributed by atoms with E-state index in [1.807, 2.05) is 24.3 Å². The number of hydrogen-bond donors (Lipinski definition) is 2. The molecule has 0 amide bonds. The number of carboxylic acid groups (broad SMARTS) is 1. The first-order valence-corrected chi connectivity index (χ1v) is 9.06. The minimum atomic E-state index is -0.970. The van der Waals surface area contributed by atoms with E-state index in [9.17, 15) is 9.90 Å². The molecule has 0 aliphatic carbocycles. The maximum atomic E-state index is 10.4. The van der Waals surface area contributed by atoms with Crippen LogP contribution in [0.25, 0.3) is 0 Å². The lowest BCUT2D eigenvalue weighted by atomic mass is 10.1. The van der Waals surface area contributed by atoms with Gasteiger partial charge in [-0.15, -0.1) is 0 Å². The van der Waals surface area contributed by atoms with Gasteiger partial charge in [-0.3, -0.25) is 4.79 Å². The quantitative estimate of drug-likeness (QED) is 0.248. The van der Waals surface area contributed by atoms with Crippen LogP contribution in [-0.2, 0) is 4.79 Å². The van der Waals surface area contributed by atoms with Crippen LogP contribution in [0.2, 0.25) is 0 Å². The van der Waals surface area contributed by atoms with Gasteiger partial charge in [-0.05, 0) is 46.0 Å². The number of aliphatic carboxylic acids is 1. The second-order valence-electron chi connectivity index (χ2n) is 6.17. The fraction of sp³-hybridized carbons (Fsp3) is 0.571. The summed E-state index contributed by atoms with van der Waals surface area (Å²) in [6.07, 6.45) is 22.1. The Kier molecular flexibility index (Phi) is 15.2. The summed E-state index contributed by atoms with van der Waals surface area (Å²) in [6, 6.07) is 0. The highest BCUT2D eigenvalue weighted by Gasteiger charge is 2.06. The molecule has 136 valence electrons. The second kappa shape index (κ2) is 16.3. The van der Waals surface area contributed by atoms with Crippen LogP contribution in [0.15, 0.2) is 48.1 Å². The van der Waals surface area contributed by atoms with Crippen LogP contribution in [-0.4, -0.2) is 22.3 Å². The van der Waals surface area contributed by atoms with E-state index in [4.69, 9.17) is 5.11 Å². The van der Waals surface area contributed by atoms with Crippen LogP contribution in [0.4, 0.5) is 0 Å². The van der Waals surface area contributed by atoms with Crippen LogP contribution in [0.1, 0.15) is 71.6 Å². The van der Waals surface area contributed by atoms with Gasteiger partial charge in [0, 0.05) is 0 Å². The van der Waals surface area contributed by atoms with E-state index >= 15 is 0 Å². The fourth-order valence-corrected chi connectivity index (χ4v) is 2.24. The molecule has 24 heavy (non-hydrogen) atoms. The third-order valence-corrected chi connectivity index (χ3v) is 3.86. The van der Waals surface area contributed by atoms with Crippen molar-refractivity contribution in [2.45, 2.75) is 77.7 Å². The second-order valence-corrected chi connectivity index (χ2v) is 6.17. The molecule has 1 atom stereocenters. The van der Waals surface area contributed by atoms with Crippen LogP contribution in [0, 0.1) is 0 Å². The summed E-state index contributed by atoms with van der Waals surface area (Å²) in [5.41, 5.74) is 1.50. The Morgan fingerprint density at radius 2 is 1.58 bits per heavy atom. The average Bonchev–Trinajstić information content (AvgIpc) is 2.54. The number of carbonyl (C=O) groups is 1. The van der Waals surface area contributed by atoms with Crippen molar-refractivity contribution >= 4 is 5.97 Å². The molecule has 0 fully saturated rings. The summed E-state index contributed by atoms with van der Waals surface area (Å²) in [5.74, 6) is -0.970. The van der Waals surface area contributed by atoms with Gasteiger partial charge in [-0.25, -0.2) is 0 Å². The minimum Gasteiger partial charge on any atom is -0.481 e. The molecule has 0 rings (SSSR count). The van der Waals surface area contributed by atoms with Gasteiger partial charge in [-0.1, -0.05) is 67.4 Å². The van der Waals surface area contributed by atoms with Crippen molar-refractivity contribution < 1.29 is 15.0 Å². The Labute approximate surface area is 147 Å². The van der Waals surface area contributed by atoms with Gasteiger partial charge in [0.25, 0.3) is 0 Å². The van der Waals surface area contributed by atoms with Crippen molar-refractivity contribution in [3.05, 3.63) is 48.1 Å². The minimum absolute atomic E-state index is 0.205. The zero-order valence-corrected chi connectivity index (χ0v) is 15.3. The molecule has 0 radical (unpaired) electrons. The van der Waals surface area contributed by atoms with Crippen molar-refractivity contribution in [1.82, 2.24) is 0 Å². The number of aliphatic hydroxyl groups is 1. The zero-order chi connectivity index (χ0) is 18.0. The van der Waals surface area contributed by atoms with Crippen molar-refractivity contribution in [2.75, 3.05) is 0 Å². The van der Waals surface area contributed by atoms with Crippen molar-refractivity contribution in [3.63, 3.8) is 0 Å². The van der Waals surface area contributed by atoms with Crippen LogP contribution in [0.3, 0.4) is 0 Å². The fourth-order valence-electron chi connectivity index (χ4n) is 2.24. The number of allylic oxidation sites excluding steroid dienone is 7. The largest absolute Gasteiger partial charge is 0.481 e. The van der Waals surface area contributed by atoms with Crippen LogP contribution < -0.4 is 0 Å². The smallest absolute Gasteiger partial charge is 0.305 e. The first-order valence-electron chi connectivity index (χ1n) is 9.06. The third kappa shape index (κ3) is 16.8. The van der Waals surface area contributed by atoms with E-state index < -0.39 is 12.1 Å². The molecule has 0 bridgehead atoms. The van der Waals surface area contributed by atoms with Gasteiger partial charge in [0.1, 0.15) is 0 Å². The Balaban J connectivity index is 3.50. The van der Waals surface area contributed by atoms with Gasteiger partial charge >= 0.3 is 5.97 Å². The molecule has 0 aliphatic rings. The Morgan fingerprint density at radius 3 is 2.25 bits per heavy atom. The monoisotopic (exact) mass is 334 g/mol. The highest BCUT2D eigenvalue weighted by molar-refractivity contribution is 5.67. The Hall–Kier alpha value is -1.61. The normalized spacial score (nSPS) is 14.2. The molecule has 3 nitrogen and oxygen atoms in total. The number of unbranched alkanes of at least 4 members (excludes halogenated alkanes) is 5. The highest BCUT2D eigenvalue weighted by atomic mass is 16.4. The summed E-state index contributed by atoms with van der Waals surface area (Å²) in [4.78, 5) is 10.4. The molecule has 2 N–H and O–H groups in total. The van der Waals surface area contributed by atoms with Gasteiger partial charge in [0.05, 0.1) is 12.5 Å². The third-order valence-electron chi connectivity index (χ3n) is 3.86. The van der Waals surface area contributed by atoms with E-state index in [0.29, 0.717) is 6.42 Å². The van der Waals surface area contributed by atoms with Crippen molar-refractivity contribution in [1.29, 1.82) is 0 Å². The average molecular weight is 335 g/mol. The number of rotatable bonds is 14.